The van der Waals surface area contributed by atoms with Crippen molar-refractivity contribution in [3.05, 3.63) is 33.9 Å². The van der Waals surface area contributed by atoms with Crippen LogP contribution in [0.1, 0.15) is 38.4 Å². The predicted octanol–water partition coefficient (Wildman–Crippen LogP) is 2.64. The maximum Gasteiger partial charge on any atom is 0.292 e. The van der Waals surface area contributed by atoms with Gasteiger partial charge in [-0.25, -0.2) is 0 Å². The van der Waals surface area contributed by atoms with Gasteiger partial charge in [-0.05, 0) is 38.3 Å². The van der Waals surface area contributed by atoms with Crippen molar-refractivity contribution in [2.75, 3.05) is 11.4 Å². The molecule has 0 aromatic heterocycles. The van der Waals surface area contributed by atoms with Crippen molar-refractivity contribution >= 4 is 11.4 Å². The minimum atomic E-state index is -0.686. The van der Waals surface area contributed by atoms with Crippen LogP contribution in [0.4, 0.5) is 11.4 Å². The highest BCUT2D eigenvalue weighted by Gasteiger charge is 2.32. The first-order valence-corrected chi connectivity index (χ1v) is 6.27. The van der Waals surface area contributed by atoms with E-state index in [0.717, 1.165) is 19.4 Å². The van der Waals surface area contributed by atoms with Crippen molar-refractivity contribution in [1.29, 1.82) is 0 Å². The van der Waals surface area contributed by atoms with Crippen LogP contribution in [0.2, 0.25) is 0 Å². The number of benzene rings is 1. The summed E-state index contributed by atoms with van der Waals surface area (Å²) >= 11 is 0. The SMILES string of the molecule is CCN(c1ccc(C(C)O)cc1[N+](=O)[O-])C1CC1. The van der Waals surface area contributed by atoms with Gasteiger partial charge in [0.15, 0.2) is 0 Å². The van der Waals surface area contributed by atoms with Crippen LogP contribution in [0.15, 0.2) is 18.2 Å². The lowest BCUT2D eigenvalue weighted by Gasteiger charge is -2.23. The zero-order valence-corrected chi connectivity index (χ0v) is 10.7. The molecular formula is C13H18N2O3. The summed E-state index contributed by atoms with van der Waals surface area (Å²) in [6.45, 7) is 4.38. The summed E-state index contributed by atoms with van der Waals surface area (Å²) in [5.74, 6) is 0. The summed E-state index contributed by atoms with van der Waals surface area (Å²) in [6, 6.07) is 5.43. The number of nitro groups is 1. The Morgan fingerprint density at radius 3 is 2.67 bits per heavy atom. The van der Waals surface area contributed by atoms with Crippen LogP contribution in [-0.2, 0) is 0 Å². The van der Waals surface area contributed by atoms with Gasteiger partial charge in [0.05, 0.1) is 11.0 Å². The Kier molecular flexibility index (Phi) is 3.52. The molecule has 0 radical (unpaired) electrons. The number of nitrogens with zero attached hydrogens (tertiary/aromatic N) is 2. The van der Waals surface area contributed by atoms with Crippen LogP contribution in [-0.4, -0.2) is 22.6 Å². The molecule has 5 nitrogen and oxygen atoms in total. The van der Waals surface area contributed by atoms with Gasteiger partial charge in [-0.1, -0.05) is 6.07 Å². The molecule has 1 aliphatic carbocycles. The summed E-state index contributed by atoms with van der Waals surface area (Å²) in [6.07, 6.45) is 1.51. The lowest BCUT2D eigenvalue weighted by Crippen LogP contribution is -2.25. The Morgan fingerprint density at radius 1 is 1.56 bits per heavy atom. The minimum absolute atomic E-state index is 0.0853. The average Bonchev–Trinajstić information content (AvgIpc) is 3.14. The highest BCUT2D eigenvalue weighted by Crippen LogP contribution is 2.37. The first-order valence-electron chi connectivity index (χ1n) is 6.27. The van der Waals surface area contributed by atoms with E-state index in [-0.39, 0.29) is 10.6 Å². The number of aliphatic hydroxyl groups excluding tert-OH is 1. The van der Waals surface area contributed by atoms with Gasteiger partial charge < -0.3 is 10.0 Å². The predicted molar refractivity (Wildman–Crippen MR) is 69.8 cm³/mol. The fourth-order valence-electron chi connectivity index (χ4n) is 2.20. The number of nitro benzene ring substituents is 1. The summed E-state index contributed by atoms with van der Waals surface area (Å²) in [5.41, 5.74) is 1.33. The van der Waals surface area contributed by atoms with E-state index in [9.17, 15) is 15.2 Å². The summed E-state index contributed by atoms with van der Waals surface area (Å²) in [4.78, 5) is 12.9. The van der Waals surface area contributed by atoms with Crippen LogP contribution < -0.4 is 4.90 Å². The molecule has 0 bridgehead atoms. The molecule has 2 rings (SSSR count). The molecule has 1 aromatic carbocycles. The van der Waals surface area contributed by atoms with Crippen molar-refractivity contribution in [2.24, 2.45) is 0 Å². The molecule has 1 atom stereocenters. The largest absolute Gasteiger partial charge is 0.389 e. The van der Waals surface area contributed by atoms with E-state index in [1.54, 1.807) is 19.1 Å². The van der Waals surface area contributed by atoms with Gasteiger partial charge in [-0.2, -0.15) is 0 Å². The van der Waals surface area contributed by atoms with Crippen molar-refractivity contribution in [3.63, 3.8) is 0 Å². The Balaban J connectivity index is 2.42. The van der Waals surface area contributed by atoms with Gasteiger partial charge in [0.1, 0.15) is 5.69 Å². The van der Waals surface area contributed by atoms with Gasteiger partial charge >= 0.3 is 0 Å². The molecule has 5 heteroatoms. The average molecular weight is 250 g/mol. The number of rotatable bonds is 5. The Labute approximate surface area is 106 Å². The Hall–Kier alpha value is -1.62. The molecule has 1 aromatic rings. The third kappa shape index (κ3) is 2.46. The van der Waals surface area contributed by atoms with E-state index in [1.165, 1.54) is 6.07 Å². The first-order chi connectivity index (χ1) is 8.54. The maximum atomic E-state index is 11.2. The number of hydrogen-bond donors (Lipinski definition) is 1. The summed E-state index contributed by atoms with van der Waals surface area (Å²) in [7, 11) is 0. The molecule has 0 aliphatic heterocycles. The van der Waals surface area contributed by atoms with Crippen LogP contribution in [0.5, 0.6) is 0 Å². The van der Waals surface area contributed by atoms with Gasteiger partial charge in [0.25, 0.3) is 5.69 Å². The van der Waals surface area contributed by atoms with Crippen molar-refractivity contribution in [1.82, 2.24) is 0 Å². The minimum Gasteiger partial charge on any atom is -0.389 e. The molecule has 18 heavy (non-hydrogen) atoms. The van der Waals surface area contributed by atoms with E-state index in [1.807, 2.05) is 6.92 Å². The molecule has 1 unspecified atom stereocenters. The zero-order valence-electron chi connectivity index (χ0n) is 10.7. The van der Waals surface area contributed by atoms with E-state index >= 15 is 0 Å². The Morgan fingerprint density at radius 2 is 2.22 bits per heavy atom. The van der Waals surface area contributed by atoms with Crippen LogP contribution >= 0.6 is 0 Å². The van der Waals surface area contributed by atoms with Gasteiger partial charge in [-0.15, -0.1) is 0 Å². The van der Waals surface area contributed by atoms with E-state index < -0.39 is 6.10 Å². The molecular weight excluding hydrogens is 232 g/mol. The lowest BCUT2D eigenvalue weighted by atomic mass is 10.1. The fourth-order valence-corrected chi connectivity index (χ4v) is 2.20. The van der Waals surface area contributed by atoms with Gasteiger partial charge in [-0.3, -0.25) is 10.1 Å². The highest BCUT2D eigenvalue weighted by atomic mass is 16.6. The van der Waals surface area contributed by atoms with Crippen molar-refractivity contribution in [2.45, 2.75) is 38.8 Å². The second-order valence-electron chi connectivity index (χ2n) is 4.70. The fraction of sp³-hybridized carbons (Fsp3) is 0.538. The normalized spacial score (nSPS) is 16.4. The highest BCUT2D eigenvalue weighted by molar-refractivity contribution is 5.65. The van der Waals surface area contributed by atoms with Crippen LogP contribution in [0.25, 0.3) is 0 Å². The Bertz CT molecular complexity index is 456. The smallest absolute Gasteiger partial charge is 0.292 e. The zero-order chi connectivity index (χ0) is 13.3. The second-order valence-corrected chi connectivity index (χ2v) is 4.70. The number of aliphatic hydroxyl groups is 1. The molecule has 1 N–H and O–H groups in total. The second kappa shape index (κ2) is 4.94. The topological polar surface area (TPSA) is 66.6 Å². The first kappa shape index (κ1) is 12.8. The van der Waals surface area contributed by atoms with Crippen molar-refractivity contribution < 1.29 is 10.0 Å². The van der Waals surface area contributed by atoms with Gasteiger partial charge in [0, 0.05) is 18.7 Å². The quantitative estimate of drug-likeness (QED) is 0.644. The van der Waals surface area contributed by atoms with Crippen LogP contribution in [0.3, 0.4) is 0 Å². The molecule has 0 amide bonds. The third-order valence-electron chi connectivity index (χ3n) is 3.32. The van der Waals surface area contributed by atoms with E-state index in [2.05, 4.69) is 4.90 Å². The van der Waals surface area contributed by atoms with Gasteiger partial charge in [0.2, 0.25) is 0 Å². The molecule has 1 fully saturated rings. The van der Waals surface area contributed by atoms with Crippen LogP contribution in [0, 0.1) is 10.1 Å². The van der Waals surface area contributed by atoms with Crippen molar-refractivity contribution in [3.8, 4) is 0 Å². The number of anilines is 1. The standard InChI is InChI=1S/C13H18N2O3/c1-3-14(11-5-6-11)12-7-4-10(9(2)16)8-13(12)15(17)18/h4,7-9,11,16H,3,5-6H2,1-2H3. The molecule has 1 aliphatic rings. The molecule has 0 spiro atoms. The number of hydrogen-bond acceptors (Lipinski definition) is 4. The maximum absolute atomic E-state index is 11.2. The van der Waals surface area contributed by atoms with E-state index in [0.29, 0.717) is 17.3 Å². The summed E-state index contributed by atoms with van der Waals surface area (Å²) in [5, 5.41) is 20.7. The molecule has 0 heterocycles. The molecule has 1 saturated carbocycles. The third-order valence-corrected chi connectivity index (χ3v) is 3.32. The summed E-state index contributed by atoms with van der Waals surface area (Å²) < 4.78 is 0. The van der Waals surface area contributed by atoms with E-state index in [4.69, 9.17) is 0 Å². The molecule has 98 valence electrons. The molecule has 0 saturated heterocycles. The monoisotopic (exact) mass is 250 g/mol. The lowest BCUT2D eigenvalue weighted by molar-refractivity contribution is -0.384.